The van der Waals surface area contributed by atoms with E-state index in [1.165, 1.54) is 4.88 Å². The van der Waals surface area contributed by atoms with E-state index in [1.807, 2.05) is 12.3 Å². The predicted octanol–water partition coefficient (Wildman–Crippen LogP) is 3.50. The Morgan fingerprint density at radius 3 is 2.78 bits per heavy atom. The lowest BCUT2D eigenvalue weighted by atomic mass is 10.4. The molecule has 18 heavy (non-hydrogen) atoms. The number of nitrogen functional groups attached to an aromatic ring is 1. The summed E-state index contributed by atoms with van der Waals surface area (Å²) in [7, 11) is 0. The van der Waals surface area contributed by atoms with E-state index in [-0.39, 0.29) is 0 Å². The van der Waals surface area contributed by atoms with Gasteiger partial charge in [-0.3, -0.25) is 0 Å². The number of thiazole rings is 1. The Balaban J connectivity index is 2.10. The van der Waals surface area contributed by atoms with E-state index in [4.69, 9.17) is 5.73 Å². The number of nitrogens with two attached hydrogens (primary N) is 1. The molecular formula is C11H10N4S3. The van der Waals surface area contributed by atoms with Crippen molar-refractivity contribution in [2.75, 3.05) is 5.73 Å². The number of rotatable bonds is 2. The van der Waals surface area contributed by atoms with Crippen LogP contribution in [0.15, 0.2) is 20.8 Å². The van der Waals surface area contributed by atoms with Crippen LogP contribution in [0, 0.1) is 13.8 Å². The second kappa shape index (κ2) is 4.49. The van der Waals surface area contributed by atoms with Gasteiger partial charge >= 0.3 is 0 Å². The Labute approximate surface area is 116 Å². The molecule has 0 aliphatic carbocycles. The molecule has 0 radical (unpaired) electrons. The van der Waals surface area contributed by atoms with Crippen molar-refractivity contribution in [2.45, 2.75) is 23.2 Å². The molecule has 3 heterocycles. The molecule has 0 unspecified atom stereocenters. The molecule has 0 aliphatic rings. The maximum atomic E-state index is 5.75. The highest BCUT2D eigenvalue weighted by Crippen LogP contribution is 2.36. The minimum absolute atomic E-state index is 0.320. The summed E-state index contributed by atoms with van der Waals surface area (Å²) in [5, 5.41) is 3.98. The Bertz CT molecular complexity index is 716. The zero-order valence-corrected chi connectivity index (χ0v) is 12.2. The van der Waals surface area contributed by atoms with Gasteiger partial charge < -0.3 is 5.73 Å². The lowest BCUT2D eigenvalue weighted by molar-refractivity contribution is 1.11. The molecule has 92 valence electrons. The zero-order chi connectivity index (χ0) is 12.7. The van der Waals surface area contributed by atoms with Gasteiger partial charge in [-0.15, -0.1) is 22.7 Å². The second-order valence-electron chi connectivity index (χ2n) is 3.82. The Hall–Kier alpha value is -1.18. The topological polar surface area (TPSA) is 64.7 Å². The molecule has 0 saturated carbocycles. The molecule has 3 aromatic rings. The van der Waals surface area contributed by atoms with Crippen LogP contribution in [0.5, 0.6) is 0 Å². The van der Waals surface area contributed by atoms with Crippen LogP contribution < -0.4 is 5.73 Å². The van der Waals surface area contributed by atoms with Crippen LogP contribution in [0.3, 0.4) is 0 Å². The molecule has 3 aromatic heterocycles. The molecule has 4 nitrogen and oxygen atoms in total. The van der Waals surface area contributed by atoms with Crippen LogP contribution in [0.2, 0.25) is 0 Å². The zero-order valence-electron chi connectivity index (χ0n) is 9.80. The summed E-state index contributed by atoms with van der Waals surface area (Å²) < 4.78 is 0.982. The van der Waals surface area contributed by atoms with Gasteiger partial charge in [-0.25, -0.2) is 15.0 Å². The van der Waals surface area contributed by atoms with Crippen LogP contribution in [-0.4, -0.2) is 15.0 Å². The highest BCUT2D eigenvalue weighted by molar-refractivity contribution is 8.01. The second-order valence-corrected chi connectivity index (χ2v) is 7.15. The third kappa shape index (κ3) is 2.21. The first-order valence-corrected chi connectivity index (χ1v) is 7.77. The summed E-state index contributed by atoms with van der Waals surface area (Å²) in [5.41, 5.74) is 6.78. The van der Waals surface area contributed by atoms with Gasteiger partial charge in [0.2, 0.25) is 5.95 Å². The van der Waals surface area contributed by atoms with Crippen molar-refractivity contribution in [2.24, 2.45) is 0 Å². The van der Waals surface area contributed by atoms with Gasteiger partial charge in [0.05, 0.1) is 0 Å². The fourth-order valence-corrected chi connectivity index (χ4v) is 4.38. The van der Waals surface area contributed by atoms with Crippen LogP contribution in [-0.2, 0) is 0 Å². The number of thiophene rings is 1. The predicted molar refractivity (Wildman–Crippen MR) is 77.5 cm³/mol. The SMILES string of the molecule is Cc1csc(Sc2nc(N)nc3sc(C)cc23)n1. The van der Waals surface area contributed by atoms with Gasteiger partial charge in [0.15, 0.2) is 4.34 Å². The summed E-state index contributed by atoms with van der Waals surface area (Å²) in [6.45, 7) is 4.05. The van der Waals surface area contributed by atoms with Crippen molar-refractivity contribution in [3.05, 3.63) is 22.0 Å². The lowest BCUT2D eigenvalue weighted by Gasteiger charge is -2.00. The van der Waals surface area contributed by atoms with Gasteiger partial charge in [0.25, 0.3) is 0 Å². The van der Waals surface area contributed by atoms with E-state index >= 15 is 0 Å². The first-order valence-electron chi connectivity index (χ1n) is 5.25. The first-order chi connectivity index (χ1) is 8.61. The number of aromatic nitrogens is 3. The van der Waals surface area contributed by atoms with E-state index in [0.29, 0.717) is 5.95 Å². The average molecular weight is 294 g/mol. The summed E-state index contributed by atoms with van der Waals surface area (Å²) in [6, 6.07) is 2.10. The van der Waals surface area contributed by atoms with Crippen molar-refractivity contribution in [1.82, 2.24) is 15.0 Å². The highest BCUT2D eigenvalue weighted by Gasteiger charge is 2.12. The van der Waals surface area contributed by atoms with Gasteiger partial charge in [-0.1, -0.05) is 0 Å². The van der Waals surface area contributed by atoms with Crippen LogP contribution in [0.25, 0.3) is 10.2 Å². The van der Waals surface area contributed by atoms with E-state index in [0.717, 1.165) is 25.3 Å². The molecule has 0 saturated heterocycles. The number of nitrogens with zero attached hydrogens (tertiary/aromatic N) is 3. The van der Waals surface area contributed by atoms with Crippen molar-refractivity contribution in [3.8, 4) is 0 Å². The fraction of sp³-hybridized carbons (Fsp3) is 0.182. The number of hydrogen-bond donors (Lipinski definition) is 1. The smallest absolute Gasteiger partial charge is 0.222 e. The van der Waals surface area contributed by atoms with Crippen molar-refractivity contribution in [3.63, 3.8) is 0 Å². The summed E-state index contributed by atoms with van der Waals surface area (Å²) >= 11 is 4.80. The maximum absolute atomic E-state index is 5.75. The highest BCUT2D eigenvalue weighted by atomic mass is 32.2. The number of fused-ring (bicyclic) bond motifs is 1. The van der Waals surface area contributed by atoms with E-state index in [9.17, 15) is 0 Å². The molecule has 3 rings (SSSR count). The quantitative estimate of drug-likeness (QED) is 0.733. The van der Waals surface area contributed by atoms with E-state index in [1.54, 1.807) is 34.4 Å². The molecule has 0 fully saturated rings. The van der Waals surface area contributed by atoms with Crippen LogP contribution in [0.1, 0.15) is 10.6 Å². The minimum atomic E-state index is 0.320. The Morgan fingerprint density at radius 1 is 1.22 bits per heavy atom. The monoisotopic (exact) mass is 294 g/mol. The molecule has 2 N–H and O–H groups in total. The molecular weight excluding hydrogens is 284 g/mol. The Kier molecular flexibility index (Phi) is 2.96. The summed E-state index contributed by atoms with van der Waals surface area (Å²) in [5.74, 6) is 0.320. The fourth-order valence-electron chi connectivity index (χ4n) is 1.57. The number of aryl methyl sites for hydroxylation is 2. The molecule has 0 aliphatic heterocycles. The van der Waals surface area contributed by atoms with Crippen molar-refractivity contribution >= 4 is 50.6 Å². The normalized spacial score (nSPS) is 11.2. The third-order valence-corrected chi connectivity index (χ3v) is 5.29. The van der Waals surface area contributed by atoms with Crippen LogP contribution in [0.4, 0.5) is 5.95 Å². The molecule has 0 atom stereocenters. The number of anilines is 1. The molecule has 0 amide bonds. The largest absolute Gasteiger partial charge is 0.368 e. The van der Waals surface area contributed by atoms with Gasteiger partial charge in [0, 0.05) is 21.3 Å². The van der Waals surface area contributed by atoms with Gasteiger partial charge in [-0.2, -0.15) is 0 Å². The Morgan fingerprint density at radius 2 is 2.06 bits per heavy atom. The van der Waals surface area contributed by atoms with Crippen molar-refractivity contribution in [1.29, 1.82) is 0 Å². The van der Waals surface area contributed by atoms with Gasteiger partial charge in [-0.05, 0) is 31.7 Å². The standard InChI is InChI=1S/C11H10N4S3/c1-5-4-16-11(13-5)18-9-7-3-6(2)17-8(7)14-10(12)15-9/h3-4H,1-2H3,(H2,12,14,15). The molecule has 0 bridgehead atoms. The molecule has 0 spiro atoms. The minimum Gasteiger partial charge on any atom is -0.368 e. The first kappa shape index (κ1) is 11.9. The van der Waals surface area contributed by atoms with E-state index in [2.05, 4.69) is 27.9 Å². The van der Waals surface area contributed by atoms with Gasteiger partial charge in [0.1, 0.15) is 9.86 Å². The number of hydrogen-bond acceptors (Lipinski definition) is 7. The lowest BCUT2D eigenvalue weighted by Crippen LogP contribution is -1.95. The molecule has 0 aromatic carbocycles. The maximum Gasteiger partial charge on any atom is 0.222 e. The third-order valence-electron chi connectivity index (χ3n) is 2.28. The van der Waals surface area contributed by atoms with Crippen molar-refractivity contribution < 1.29 is 0 Å². The summed E-state index contributed by atoms with van der Waals surface area (Å²) in [6.07, 6.45) is 0. The average Bonchev–Trinajstić information content (AvgIpc) is 2.84. The van der Waals surface area contributed by atoms with Crippen LogP contribution >= 0.6 is 34.4 Å². The van der Waals surface area contributed by atoms with E-state index < -0.39 is 0 Å². The summed E-state index contributed by atoms with van der Waals surface area (Å²) in [4.78, 5) is 15.2. The molecule has 7 heteroatoms.